The maximum absolute atomic E-state index is 12.2. The smallest absolute Gasteiger partial charge is 0.410 e. The van der Waals surface area contributed by atoms with Crippen LogP contribution in [-0.4, -0.2) is 53.3 Å². The summed E-state index contributed by atoms with van der Waals surface area (Å²) in [6.07, 6.45) is 1.20. The van der Waals surface area contributed by atoms with Crippen LogP contribution in [-0.2, 0) is 14.3 Å². The zero-order valence-electron chi connectivity index (χ0n) is 18.0. The molecule has 0 bridgehead atoms. The third kappa shape index (κ3) is 4.65. The predicted molar refractivity (Wildman–Crippen MR) is 111 cm³/mol. The molecule has 0 spiro atoms. The standard InChI is InChI=1S/C22H27N3O6/c1-22(2,3)30-21(28)25-10-9-13(11-25)12-29-16-6-4-5-14-18(24-31-19(14)16)15-7-8-17(26)23-20(15)27/h4-6,13,15H,7-12H2,1-3H3,(H,23,26,27)/t13-,15?/m1/s1. The van der Waals surface area contributed by atoms with Gasteiger partial charge in [-0.05, 0) is 45.7 Å². The Labute approximate surface area is 180 Å². The summed E-state index contributed by atoms with van der Waals surface area (Å²) in [6, 6.07) is 5.45. The minimum Gasteiger partial charge on any atom is -0.489 e. The summed E-state index contributed by atoms with van der Waals surface area (Å²) in [5.74, 6) is -0.424. The van der Waals surface area contributed by atoms with Crippen LogP contribution in [0, 0.1) is 5.92 Å². The molecule has 0 aliphatic carbocycles. The second-order valence-electron chi connectivity index (χ2n) is 9.10. The van der Waals surface area contributed by atoms with Crippen LogP contribution in [0.15, 0.2) is 22.7 Å². The number of nitrogens with one attached hydrogen (secondary N) is 1. The largest absolute Gasteiger partial charge is 0.489 e. The molecule has 0 saturated carbocycles. The van der Waals surface area contributed by atoms with Crippen molar-refractivity contribution in [2.24, 2.45) is 5.92 Å². The number of amides is 3. The van der Waals surface area contributed by atoms with E-state index in [-0.39, 0.29) is 30.2 Å². The highest BCUT2D eigenvalue weighted by Gasteiger charge is 2.33. The van der Waals surface area contributed by atoms with E-state index in [1.165, 1.54) is 0 Å². The van der Waals surface area contributed by atoms with Crippen molar-refractivity contribution in [2.45, 2.75) is 51.6 Å². The summed E-state index contributed by atoms with van der Waals surface area (Å²) < 4.78 is 17.0. The van der Waals surface area contributed by atoms with Gasteiger partial charge in [0.05, 0.1) is 12.5 Å². The van der Waals surface area contributed by atoms with Gasteiger partial charge in [-0.25, -0.2) is 4.79 Å². The van der Waals surface area contributed by atoms with E-state index in [1.807, 2.05) is 32.9 Å². The van der Waals surface area contributed by atoms with Crippen molar-refractivity contribution < 1.29 is 28.4 Å². The lowest BCUT2D eigenvalue weighted by Crippen LogP contribution is -2.39. The normalized spacial score (nSPS) is 22.0. The summed E-state index contributed by atoms with van der Waals surface area (Å²) in [7, 11) is 0. The van der Waals surface area contributed by atoms with Crippen LogP contribution in [0.1, 0.15) is 51.6 Å². The highest BCUT2D eigenvalue weighted by Crippen LogP contribution is 2.35. The average molecular weight is 429 g/mol. The molecule has 1 aromatic carbocycles. The molecule has 1 aromatic heterocycles. The Morgan fingerprint density at radius 3 is 2.84 bits per heavy atom. The fourth-order valence-corrected chi connectivity index (χ4v) is 3.94. The van der Waals surface area contributed by atoms with Gasteiger partial charge in [0, 0.05) is 30.8 Å². The van der Waals surface area contributed by atoms with Crippen molar-refractivity contribution in [3.05, 3.63) is 23.9 Å². The molecular weight excluding hydrogens is 402 g/mol. The zero-order valence-corrected chi connectivity index (χ0v) is 18.0. The summed E-state index contributed by atoms with van der Waals surface area (Å²) in [5, 5.41) is 7.16. The van der Waals surface area contributed by atoms with Gasteiger partial charge in [-0.3, -0.25) is 14.9 Å². The highest BCUT2D eigenvalue weighted by atomic mass is 16.6. The molecular formula is C22H27N3O6. The van der Waals surface area contributed by atoms with Crippen LogP contribution in [0.4, 0.5) is 4.79 Å². The number of likely N-dealkylation sites (tertiary alicyclic amines) is 1. The number of aromatic nitrogens is 1. The number of imide groups is 1. The number of hydrogen-bond acceptors (Lipinski definition) is 7. The van der Waals surface area contributed by atoms with Gasteiger partial charge in [-0.1, -0.05) is 11.2 Å². The maximum Gasteiger partial charge on any atom is 0.410 e. The Morgan fingerprint density at radius 1 is 1.29 bits per heavy atom. The van der Waals surface area contributed by atoms with E-state index >= 15 is 0 Å². The third-order valence-electron chi connectivity index (χ3n) is 5.47. The Bertz CT molecular complexity index is 1010. The molecule has 9 heteroatoms. The van der Waals surface area contributed by atoms with Crippen molar-refractivity contribution >= 4 is 28.9 Å². The molecule has 2 aliphatic rings. The minimum absolute atomic E-state index is 0.181. The van der Waals surface area contributed by atoms with Gasteiger partial charge in [0.2, 0.25) is 17.4 Å². The summed E-state index contributed by atoms with van der Waals surface area (Å²) in [4.78, 5) is 37.6. The number of piperidine rings is 1. The molecule has 1 unspecified atom stereocenters. The Morgan fingerprint density at radius 2 is 2.10 bits per heavy atom. The number of benzene rings is 1. The lowest BCUT2D eigenvalue weighted by molar-refractivity contribution is -0.134. The molecule has 31 heavy (non-hydrogen) atoms. The van der Waals surface area contributed by atoms with E-state index in [0.717, 1.165) is 6.42 Å². The van der Waals surface area contributed by atoms with Crippen LogP contribution in [0.2, 0.25) is 0 Å². The predicted octanol–water partition coefficient (Wildman–Crippen LogP) is 2.98. The third-order valence-corrected chi connectivity index (χ3v) is 5.47. The summed E-state index contributed by atoms with van der Waals surface area (Å²) >= 11 is 0. The lowest BCUT2D eigenvalue weighted by Gasteiger charge is -2.24. The Balaban J connectivity index is 1.41. The van der Waals surface area contributed by atoms with Crippen molar-refractivity contribution in [1.29, 1.82) is 0 Å². The maximum atomic E-state index is 12.2. The monoisotopic (exact) mass is 429 g/mol. The second-order valence-corrected chi connectivity index (χ2v) is 9.10. The molecule has 2 fully saturated rings. The molecule has 2 saturated heterocycles. The first-order valence-corrected chi connectivity index (χ1v) is 10.5. The summed E-state index contributed by atoms with van der Waals surface area (Å²) in [5.41, 5.74) is 0.472. The molecule has 3 amide bonds. The van der Waals surface area contributed by atoms with Crippen molar-refractivity contribution in [2.75, 3.05) is 19.7 Å². The number of nitrogens with zero attached hydrogens (tertiary/aromatic N) is 2. The Hall–Kier alpha value is -3.10. The van der Waals surface area contributed by atoms with Crippen molar-refractivity contribution in [3.8, 4) is 5.75 Å². The zero-order chi connectivity index (χ0) is 22.2. The molecule has 2 atom stereocenters. The molecule has 2 aliphatic heterocycles. The van der Waals surface area contributed by atoms with E-state index in [1.54, 1.807) is 11.0 Å². The van der Waals surface area contributed by atoms with E-state index in [9.17, 15) is 14.4 Å². The first kappa shape index (κ1) is 21.1. The second kappa shape index (κ2) is 8.20. The van der Waals surface area contributed by atoms with Crippen LogP contribution in [0.3, 0.4) is 0 Å². The average Bonchev–Trinajstić information content (AvgIpc) is 3.33. The molecule has 0 radical (unpaired) electrons. The van der Waals surface area contributed by atoms with Gasteiger partial charge >= 0.3 is 6.09 Å². The molecule has 1 N–H and O–H groups in total. The highest BCUT2D eigenvalue weighted by molar-refractivity contribution is 6.02. The van der Waals surface area contributed by atoms with Gasteiger partial charge in [0.1, 0.15) is 11.3 Å². The number of para-hydroxylation sites is 1. The van der Waals surface area contributed by atoms with Gasteiger partial charge in [0.15, 0.2) is 5.75 Å². The number of carbonyl (C=O) groups is 3. The molecule has 9 nitrogen and oxygen atoms in total. The molecule has 166 valence electrons. The summed E-state index contributed by atoms with van der Waals surface area (Å²) in [6.45, 7) is 7.18. The van der Waals surface area contributed by atoms with Crippen LogP contribution in [0.5, 0.6) is 5.75 Å². The van der Waals surface area contributed by atoms with E-state index in [2.05, 4.69) is 10.5 Å². The quantitative estimate of drug-likeness (QED) is 0.744. The Kier molecular flexibility index (Phi) is 5.60. The van der Waals surface area contributed by atoms with Crippen LogP contribution >= 0.6 is 0 Å². The van der Waals surface area contributed by atoms with E-state index in [4.69, 9.17) is 14.0 Å². The first-order chi connectivity index (χ1) is 14.7. The van der Waals surface area contributed by atoms with E-state index < -0.39 is 11.5 Å². The molecule has 3 heterocycles. The number of rotatable bonds is 4. The fourth-order valence-electron chi connectivity index (χ4n) is 3.94. The topological polar surface area (TPSA) is 111 Å². The van der Waals surface area contributed by atoms with Crippen molar-refractivity contribution in [1.82, 2.24) is 15.4 Å². The number of fused-ring (bicyclic) bond motifs is 1. The minimum atomic E-state index is -0.522. The van der Waals surface area contributed by atoms with Gasteiger partial charge in [-0.15, -0.1) is 0 Å². The van der Waals surface area contributed by atoms with Crippen molar-refractivity contribution in [3.63, 3.8) is 0 Å². The first-order valence-electron chi connectivity index (χ1n) is 10.5. The van der Waals surface area contributed by atoms with Gasteiger partial charge < -0.3 is 18.9 Å². The lowest BCUT2D eigenvalue weighted by atomic mass is 9.93. The molecule has 4 rings (SSSR count). The van der Waals surface area contributed by atoms with Gasteiger partial charge in [-0.2, -0.15) is 0 Å². The number of hydrogen-bond donors (Lipinski definition) is 1. The van der Waals surface area contributed by atoms with E-state index in [0.29, 0.717) is 48.5 Å². The van der Waals surface area contributed by atoms with Gasteiger partial charge in [0.25, 0.3) is 0 Å². The SMILES string of the molecule is CC(C)(C)OC(=O)N1CC[C@@H](COc2cccc3c(C4CCC(=O)NC4=O)noc23)C1. The number of ether oxygens (including phenoxy) is 2. The number of carbonyl (C=O) groups excluding carboxylic acids is 3. The molecule has 2 aromatic rings. The fraction of sp³-hybridized carbons (Fsp3) is 0.545. The van der Waals surface area contributed by atoms with Crippen LogP contribution in [0.25, 0.3) is 11.0 Å². The van der Waals surface area contributed by atoms with Crippen LogP contribution < -0.4 is 10.1 Å².